The van der Waals surface area contributed by atoms with E-state index < -0.39 is 0 Å². The van der Waals surface area contributed by atoms with Crippen LogP contribution in [-0.4, -0.2) is 35.0 Å². The van der Waals surface area contributed by atoms with Crippen molar-refractivity contribution in [1.29, 1.82) is 0 Å². The molecule has 1 fully saturated rings. The van der Waals surface area contributed by atoms with Crippen LogP contribution >= 0.6 is 0 Å². The Labute approximate surface area is 187 Å². The van der Waals surface area contributed by atoms with Crippen LogP contribution in [0.5, 0.6) is 5.75 Å². The van der Waals surface area contributed by atoms with Gasteiger partial charge >= 0.3 is 0 Å². The molecular weight excluding hydrogens is 406 g/mol. The summed E-state index contributed by atoms with van der Waals surface area (Å²) >= 11 is 0. The van der Waals surface area contributed by atoms with E-state index in [1.54, 1.807) is 24.3 Å². The van der Waals surface area contributed by atoms with Gasteiger partial charge in [0, 0.05) is 30.8 Å². The molecule has 7 nitrogen and oxygen atoms in total. The summed E-state index contributed by atoms with van der Waals surface area (Å²) in [6.45, 7) is 6.07. The minimum Gasteiger partial charge on any atom is -0.489 e. The smallest absolute Gasteiger partial charge is 0.253 e. The van der Waals surface area contributed by atoms with E-state index >= 15 is 0 Å². The molecule has 0 radical (unpaired) electrons. The van der Waals surface area contributed by atoms with Crippen LogP contribution in [0.15, 0.2) is 53.1 Å². The second kappa shape index (κ2) is 9.68. The van der Waals surface area contributed by atoms with E-state index in [1.807, 2.05) is 43.0 Å². The fourth-order valence-corrected chi connectivity index (χ4v) is 3.77. The minimum atomic E-state index is -0.182. The van der Waals surface area contributed by atoms with Gasteiger partial charge in [-0.3, -0.25) is 9.59 Å². The summed E-state index contributed by atoms with van der Waals surface area (Å²) in [5, 5.41) is 6.83. The van der Waals surface area contributed by atoms with Gasteiger partial charge in [0.1, 0.15) is 18.1 Å². The number of aryl methyl sites for hydroxylation is 2. The highest BCUT2D eigenvalue weighted by Crippen LogP contribution is 2.18. The molecule has 0 spiro atoms. The molecular formula is C25H27N3O4. The van der Waals surface area contributed by atoms with Gasteiger partial charge in [0.05, 0.1) is 11.3 Å². The van der Waals surface area contributed by atoms with Gasteiger partial charge in [0.25, 0.3) is 11.8 Å². The zero-order valence-corrected chi connectivity index (χ0v) is 18.4. The maximum absolute atomic E-state index is 12.6. The molecule has 1 aliphatic heterocycles. The van der Waals surface area contributed by atoms with E-state index in [2.05, 4.69) is 10.5 Å². The monoisotopic (exact) mass is 433 g/mol. The van der Waals surface area contributed by atoms with Crippen LogP contribution in [0, 0.1) is 13.8 Å². The standard InChI is InChI=1S/C25H27N3O4/c1-17-23(18(2)32-27-17)16-31-22-10-8-20(9-11-22)24(29)26-15-19-6-5-7-21(14-19)25(30)28-12-3-4-13-28/h5-11,14H,3-4,12-13,15-16H2,1-2H3,(H,26,29). The molecule has 32 heavy (non-hydrogen) atoms. The summed E-state index contributed by atoms with van der Waals surface area (Å²) in [6.07, 6.45) is 2.12. The van der Waals surface area contributed by atoms with Crippen LogP contribution in [-0.2, 0) is 13.2 Å². The second-order valence-corrected chi connectivity index (χ2v) is 8.00. The van der Waals surface area contributed by atoms with E-state index in [-0.39, 0.29) is 11.8 Å². The molecule has 0 unspecified atom stereocenters. The molecule has 166 valence electrons. The van der Waals surface area contributed by atoms with Gasteiger partial charge in [-0.1, -0.05) is 17.3 Å². The van der Waals surface area contributed by atoms with Crippen molar-refractivity contribution in [2.45, 2.75) is 39.8 Å². The lowest BCUT2D eigenvalue weighted by Gasteiger charge is -2.15. The maximum Gasteiger partial charge on any atom is 0.253 e. The molecule has 1 saturated heterocycles. The first-order valence-corrected chi connectivity index (χ1v) is 10.8. The van der Waals surface area contributed by atoms with Gasteiger partial charge < -0.3 is 19.5 Å². The lowest BCUT2D eigenvalue weighted by atomic mass is 10.1. The summed E-state index contributed by atoms with van der Waals surface area (Å²) in [7, 11) is 0. The molecule has 0 atom stereocenters. The molecule has 0 bridgehead atoms. The van der Waals surface area contributed by atoms with Crippen molar-refractivity contribution in [1.82, 2.24) is 15.4 Å². The Bertz CT molecular complexity index is 1080. The van der Waals surface area contributed by atoms with E-state index in [0.29, 0.717) is 30.0 Å². The predicted octanol–water partition coefficient (Wildman–Crippen LogP) is 4.04. The van der Waals surface area contributed by atoms with Crippen molar-refractivity contribution >= 4 is 11.8 Å². The minimum absolute atomic E-state index is 0.0582. The summed E-state index contributed by atoms with van der Waals surface area (Å²) in [5.74, 6) is 1.28. The van der Waals surface area contributed by atoms with Crippen molar-refractivity contribution in [3.05, 3.63) is 82.2 Å². The first-order chi connectivity index (χ1) is 15.5. The zero-order chi connectivity index (χ0) is 22.5. The number of nitrogens with one attached hydrogen (secondary N) is 1. The number of likely N-dealkylation sites (tertiary alicyclic amines) is 1. The Kier molecular flexibility index (Phi) is 6.54. The largest absolute Gasteiger partial charge is 0.489 e. The van der Waals surface area contributed by atoms with Gasteiger partial charge in [-0.25, -0.2) is 0 Å². The van der Waals surface area contributed by atoms with Crippen LogP contribution in [0.4, 0.5) is 0 Å². The quantitative estimate of drug-likeness (QED) is 0.608. The molecule has 7 heteroatoms. The highest BCUT2D eigenvalue weighted by atomic mass is 16.5. The van der Waals surface area contributed by atoms with Gasteiger partial charge in [-0.2, -0.15) is 0 Å². The number of rotatable bonds is 7. The third-order valence-corrected chi connectivity index (χ3v) is 5.70. The molecule has 2 amide bonds. The Balaban J connectivity index is 1.31. The Hall–Kier alpha value is -3.61. The number of hydrogen-bond donors (Lipinski definition) is 1. The van der Waals surface area contributed by atoms with Crippen molar-refractivity contribution < 1.29 is 18.8 Å². The number of carbonyl (C=O) groups is 2. The summed E-state index contributed by atoms with van der Waals surface area (Å²) in [5.41, 5.74) is 3.84. The number of nitrogens with zero attached hydrogens (tertiary/aromatic N) is 2. The van der Waals surface area contributed by atoms with Gasteiger partial charge in [0.2, 0.25) is 0 Å². The first-order valence-electron chi connectivity index (χ1n) is 10.8. The lowest BCUT2D eigenvalue weighted by molar-refractivity contribution is 0.0792. The molecule has 1 aliphatic rings. The number of ether oxygens (including phenoxy) is 1. The summed E-state index contributed by atoms with van der Waals surface area (Å²) in [4.78, 5) is 27.0. The molecule has 0 aliphatic carbocycles. The third kappa shape index (κ3) is 4.99. The second-order valence-electron chi connectivity index (χ2n) is 8.00. The molecule has 4 rings (SSSR count). The van der Waals surface area contributed by atoms with Crippen molar-refractivity contribution in [3.63, 3.8) is 0 Å². The average molecular weight is 434 g/mol. The molecule has 2 heterocycles. The maximum atomic E-state index is 12.6. The average Bonchev–Trinajstić information content (AvgIpc) is 3.46. The van der Waals surface area contributed by atoms with Gasteiger partial charge in [-0.05, 0) is 68.7 Å². The number of aromatic nitrogens is 1. The van der Waals surface area contributed by atoms with E-state index in [9.17, 15) is 9.59 Å². The van der Waals surface area contributed by atoms with Crippen molar-refractivity contribution in [2.75, 3.05) is 13.1 Å². The SMILES string of the molecule is Cc1noc(C)c1COc1ccc(C(=O)NCc2cccc(C(=O)N3CCCC3)c2)cc1. The summed E-state index contributed by atoms with van der Waals surface area (Å²) < 4.78 is 10.9. The van der Waals surface area contributed by atoms with E-state index in [4.69, 9.17) is 9.26 Å². The van der Waals surface area contributed by atoms with Gasteiger partial charge in [0.15, 0.2) is 0 Å². The highest BCUT2D eigenvalue weighted by Gasteiger charge is 2.19. The Morgan fingerprint density at radius 3 is 2.50 bits per heavy atom. The zero-order valence-electron chi connectivity index (χ0n) is 18.4. The molecule has 3 aromatic rings. The molecule has 1 aromatic heterocycles. The summed E-state index contributed by atoms with van der Waals surface area (Å²) in [6, 6.07) is 14.4. The van der Waals surface area contributed by atoms with E-state index in [1.165, 1.54) is 0 Å². The van der Waals surface area contributed by atoms with Crippen LogP contribution in [0.2, 0.25) is 0 Å². The van der Waals surface area contributed by atoms with Crippen LogP contribution in [0.3, 0.4) is 0 Å². The van der Waals surface area contributed by atoms with Crippen molar-refractivity contribution in [3.8, 4) is 5.75 Å². The fourth-order valence-electron chi connectivity index (χ4n) is 3.77. The van der Waals surface area contributed by atoms with Crippen LogP contribution < -0.4 is 10.1 Å². The van der Waals surface area contributed by atoms with E-state index in [0.717, 1.165) is 48.5 Å². The Morgan fingerprint density at radius 1 is 1.06 bits per heavy atom. The van der Waals surface area contributed by atoms with Crippen molar-refractivity contribution in [2.24, 2.45) is 0 Å². The number of hydrogen-bond acceptors (Lipinski definition) is 5. The molecule has 0 saturated carbocycles. The normalized spacial score (nSPS) is 13.2. The Morgan fingerprint density at radius 2 is 1.81 bits per heavy atom. The number of carbonyl (C=O) groups excluding carboxylic acids is 2. The van der Waals surface area contributed by atoms with Crippen LogP contribution in [0.1, 0.15) is 56.1 Å². The molecule has 1 N–H and O–H groups in total. The highest BCUT2D eigenvalue weighted by molar-refractivity contribution is 5.95. The fraction of sp³-hybridized carbons (Fsp3) is 0.320. The first kappa shape index (κ1) is 21.6. The predicted molar refractivity (Wildman–Crippen MR) is 120 cm³/mol. The number of amides is 2. The molecule has 2 aromatic carbocycles. The number of benzene rings is 2. The van der Waals surface area contributed by atoms with Gasteiger partial charge in [-0.15, -0.1) is 0 Å². The lowest BCUT2D eigenvalue weighted by Crippen LogP contribution is -2.28. The topological polar surface area (TPSA) is 84.7 Å². The third-order valence-electron chi connectivity index (χ3n) is 5.70. The van der Waals surface area contributed by atoms with Crippen LogP contribution in [0.25, 0.3) is 0 Å².